The van der Waals surface area contributed by atoms with Crippen LogP contribution in [0.15, 0.2) is 36.7 Å². The van der Waals surface area contributed by atoms with Crippen molar-refractivity contribution >= 4 is 22.6 Å². The van der Waals surface area contributed by atoms with E-state index in [1.54, 1.807) is 18.5 Å². The van der Waals surface area contributed by atoms with Crippen LogP contribution < -0.4 is 14.8 Å². The van der Waals surface area contributed by atoms with Crippen LogP contribution in [-0.4, -0.2) is 34.3 Å². The number of amides is 1. The van der Waals surface area contributed by atoms with Gasteiger partial charge in [0.2, 0.25) is 5.91 Å². The number of anilines is 1. The number of ether oxygens (including phenoxy) is 2. The molecule has 1 amide bonds. The molecule has 4 rings (SSSR count). The first-order valence-electron chi connectivity index (χ1n) is 7.26. The molecule has 1 aliphatic heterocycles. The Balaban J connectivity index is 1.50. The lowest BCUT2D eigenvalue weighted by atomic mass is 10.1. The summed E-state index contributed by atoms with van der Waals surface area (Å²) in [7, 11) is 0. The first-order chi connectivity index (χ1) is 11.3. The first kappa shape index (κ1) is 13.6. The second kappa shape index (κ2) is 5.60. The van der Waals surface area contributed by atoms with Crippen molar-refractivity contribution in [3.05, 3.63) is 42.2 Å². The quantitative estimate of drug-likeness (QED) is 0.771. The highest BCUT2D eigenvalue weighted by Crippen LogP contribution is 2.31. The Hall–Kier alpha value is -3.09. The number of hydrogen-bond donors (Lipinski definition) is 2. The lowest BCUT2D eigenvalue weighted by molar-refractivity contribution is -0.115. The molecule has 116 valence electrons. The number of fused-ring (bicyclic) bond motifs is 2. The van der Waals surface area contributed by atoms with Crippen LogP contribution in [0.25, 0.3) is 10.9 Å². The van der Waals surface area contributed by atoms with Gasteiger partial charge >= 0.3 is 0 Å². The average molecular weight is 310 g/mol. The van der Waals surface area contributed by atoms with Crippen molar-refractivity contribution in [2.75, 3.05) is 18.5 Å². The van der Waals surface area contributed by atoms with E-state index in [9.17, 15) is 4.79 Å². The summed E-state index contributed by atoms with van der Waals surface area (Å²) in [5, 5.41) is 10.6. The van der Waals surface area contributed by atoms with Gasteiger partial charge in [-0.05, 0) is 23.8 Å². The minimum absolute atomic E-state index is 0.146. The van der Waals surface area contributed by atoms with E-state index in [0.717, 1.165) is 16.5 Å². The van der Waals surface area contributed by atoms with E-state index in [1.807, 2.05) is 18.2 Å². The van der Waals surface area contributed by atoms with Gasteiger partial charge in [0.05, 0.1) is 18.1 Å². The van der Waals surface area contributed by atoms with Gasteiger partial charge in [-0.15, -0.1) is 0 Å². The van der Waals surface area contributed by atoms with Gasteiger partial charge in [-0.25, -0.2) is 0 Å². The predicted molar refractivity (Wildman–Crippen MR) is 83.7 cm³/mol. The highest BCUT2D eigenvalue weighted by molar-refractivity contribution is 5.99. The maximum absolute atomic E-state index is 12.2. The van der Waals surface area contributed by atoms with Crippen molar-refractivity contribution in [2.45, 2.75) is 6.42 Å². The Morgan fingerprint density at radius 1 is 1.22 bits per heavy atom. The number of H-pyrrole nitrogens is 1. The summed E-state index contributed by atoms with van der Waals surface area (Å²) in [5.74, 6) is 1.75. The maximum atomic E-state index is 12.2. The number of rotatable bonds is 3. The standard InChI is InChI=1S/C16H14N4O3/c21-15(18-16-11-3-4-17-9-12(11)19-20-16)8-10-1-2-13-14(7-10)23-6-5-22-13/h1-4,7,9H,5-6,8H2,(H2,18,19,20,21). The lowest BCUT2D eigenvalue weighted by Gasteiger charge is -2.18. The van der Waals surface area contributed by atoms with Crippen LogP contribution in [0.2, 0.25) is 0 Å². The van der Waals surface area contributed by atoms with Gasteiger partial charge in [0.1, 0.15) is 13.2 Å². The second-order valence-corrected chi connectivity index (χ2v) is 5.20. The molecule has 0 fully saturated rings. The number of aromatic amines is 1. The van der Waals surface area contributed by atoms with E-state index in [-0.39, 0.29) is 12.3 Å². The smallest absolute Gasteiger partial charge is 0.230 e. The van der Waals surface area contributed by atoms with E-state index in [0.29, 0.717) is 30.5 Å². The maximum Gasteiger partial charge on any atom is 0.230 e. The van der Waals surface area contributed by atoms with Crippen molar-refractivity contribution in [1.29, 1.82) is 0 Å². The number of benzene rings is 1. The zero-order valence-corrected chi connectivity index (χ0v) is 12.2. The average Bonchev–Trinajstić information content (AvgIpc) is 2.98. The molecule has 0 unspecified atom stereocenters. The highest BCUT2D eigenvalue weighted by Gasteiger charge is 2.14. The minimum atomic E-state index is -0.146. The lowest BCUT2D eigenvalue weighted by Crippen LogP contribution is -2.17. The molecular weight excluding hydrogens is 296 g/mol. The van der Waals surface area contributed by atoms with Crippen molar-refractivity contribution in [1.82, 2.24) is 15.2 Å². The molecule has 0 saturated carbocycles. The van der Waals surface area contributed by atoms with Crippen molar-refractivity contribution in [3.63, 3.8) is 0 Å². The van der Waals surface area contributed by atoms with E-state index in [1.165, 1.54) is 0 Å². The normalized spacial score (nSPS) is 13.0. The second-order valence-electron chi connectivity index (χ2n) is 5.20. The molecule has 3 aromatic rings. The van der Waals surface area contributed by atoms with E-state index in [4.69, 9.17) is 9.47 Å². The Morgan fingerprint density at radius 2 is 2.09 bits per heavy atom. The molecule has 2 N–H and O–H groups in total. The fraction of sp³-hybridized carbons (Fsp3) is 0.188. The van der Waals surface area contributed by atoms with Crippen LogP contribution in [0.5, 0.6) is 11.5 Å². The molecule has 7 nitrogen and oxygen atoms in total. The van der Waals surface area contributed by atoms with E-state index >= 15 is 0 Å². The molecule has 23 heavy (non-hydrogen) atoms. The topological polar surface area (TPSA) is 89.1 Å². The number of carbonyl (C=O) groups excluding carboxylic acids is 1. The molecular formula is C16H14N4O3. The fourth-order valence-electron chi connectivity index (χ4n) is 2.52. The van der Waals surface area contributed by atoms with Crippen LogP contribution in [0.4, 0.5) is 5.82 Å². The minimum Gasteiger partial charge on any atom is -0.486 e. The third-order valence-corrected chi connectivity index (χ3v) is 3.59. The third kappa shape index (κ3) is 2.68. The molecule has 0 radical (unpaired) electrons. The Kier molecular flexibility index (Phi) is 3.30. The van der Waals surface area contributed by atoms with Crippen molar-refractivity contribution in [2.24, 2.45) is 0 Å². The summed E-state index contributed by atoms with van der Waals surface area (Å²) in [4.78, 5) is 16.2. The van der Waals surface area contributed by atoms with Gasteiger partial charge in [-0.2, -0.15) is 5.10 Å². The summed E-state index contributed by atoms with van der Waals surface area (Å²) in [6.07, 6.45) is 3.56. The molecule has 7 heteroatoms. The molecule has 3 heterocycles. The van der Waals surface area contributed by atoms with Gasteiger partial charge in [-0.1, -0.05) is 6.07 Å². The molecule has 0 bridgehead atoms. The van der Waals surface area contributed by atoms with Gasteiger partial charge < -0.3 is 14.8 Å². The molecule has 0 saturated heterocycles. The number of carbonyl (C=O) groups is 1. The predicted octanol–water partition coefficient (Wildman–Crippen LogP) is 1.91. The zero-order valence-electron chi connectivity index (χ0n) is 12.2. The summed E-state index contributed by atoms with van der Waals surface area (Å²) >= 11 is 0. The first-order valence-corrected chi connectivity index (χ1v) is 7.26. The van der Waals surface area contributed by atoms with Crippen LogP contribution >= 0.6 is 0 Å². The fourth-order valence-corrected chi connectivity index (χ4v) is 2.52. The number of aromatic nitrogens is 3. The molecule has 0 spiro atoms. The van der Waals surface area contributed by atoms with Gasteiger partial charge in [-0.3, -0.25) is 14.9 Å². The number of nitrogens with one attached hydrogen (secondary N) is 2. The molecule has 0 aliphatic carbocycles. The number of pyridine rings is 1. The summed E-state index contributed by atoms with van der Waals surface area (Å²) in [5.41, 5.74) is 1.63. The molecule has 2 aromatic heterocycles. The van der Waals surface area contributed by atoms with E-state index in [2.05, 4.69) is 20.5 Å². The Bertz CT molecular complexity index is 875. The van der Waals surface area contributed by atoms with Gasteiger partial charge in [0, 0.05) is 11.6 Å². The molecule has 1 aliphatic rings. The van der Waals surface area contributed by atoms with E-state index < -0.39 is 0 Å². The van der Waals surface area contributed by atoms with Crippen molar-refractivity contribution in [3.8, 4) is 11.5 Å². The SMILES string of the molecule is O=C(Cc1ccc2c(c1)OCCO2)Nc1n[nH]c2cnccc12. The largest absolute Gasteiger partial charge is 0.486 e. The Labute approximate surface area is 131 Å². The number of hydrogen-bond acceptors (Lipinski definition) is 5. The molecule has 0 atom stereocenters. The summed E-state index contributed by atoms with van der Waals surface area (Å²) in [6.45, 7) is 1.07. The third-order valence-electron chi connectivity index (χ3n) is 3.59. The van der Waals surface area contributed by atoms with Crippen LogP contribution in [0.3, 0.4) is 0 Å². The van der Waals surface area contributed by atoms with Crippen LogP contribution in [-0.2, 0) is 11.2 Å². The summed E-state index contributed by atoms with van der Waals surface area (Å²) in [6, 6.07) is 7.32. The van der Waals surface area contributed by atoms with Crippen LogP contribution in [0.1, 0.15) is 5.56 Å². The highest BCUT2D eigenvalue weighted by atomic mass is 16.6. The van der Waals surface area contributed by atoms with Gasteiger partial charge in [0.25, 0.3) is 0 Å². The Morgan fingerprint density at radius 3 is 3.00 bits per heavy atom. The van der Waals surface area contributed by atoms with Gasteiger partial charge in [0.15, 0.2) is 17.3 Å². The van der Waals surface area contributed by atoms with Crippen LogP contribution in [0, 0.1) is 0 Å². The number of nitrogens with zero attached hydrogens (tertiary/aromatic N) is 2. The summed E-state index contributed by atoms with van der Waals surface area (Å²) < 4.78 is 11.0. The zero-order chi connectivity index (χ0) is 15.6. The molecule has 1 aromatic carbocycles. The monoisotopic (exact) mass is 310 g/mol. The van der Waals surface area contributed by atoms with Crippen molar-refractivity contribution < 1.29 is 14.3 Å².